The van der Waals surface area contributed by atoms with Crippen LogP contribution in [0.4, 0.5) is 0 Å². The Hall–Kier alpha value is -11.2. The molecule has 5 radical (unpaired) electrons. The molecule has 18 heteroatoms. The third-order valence-electron chi connectivity index (χ3n) is 15.9. The maximum atomic E-state index is 10.0. The molecule has 16 aromatic rings. The molecule has 0 unspecified atom stereocenters. The minimum absolute atomic E-state index is 0. The number of para-hydroxylation sites is 4. The van der Waals surface area contributed by atoms with Gasteiger partial charge in [0.2, 0.25) is 0 Å². The summed E-state index contributed by atoms with van der Waals surface area (Å²) in [5, 5.41) is 42.9. The van der Waals surface area contributed by atoms with E-state index in [1.807, 2.05) is 200 Å². The van der Waals surface area contributed by atoms with Crippen LogP contribution in [-0.2, 0) is 120 Å². The van der Waals surface area contributed by atoms with Gasteiger partial charge in [-0.15, -0.1) is 172 Å². The van der Waals surface area contributed by atoms with Crippen LogP contribution in [0.1, 0.15) is 61.0 Å². The number of rotatable bonds is 9. The minimum Gasteiger partial charge on any atom is -0.512 e. The van der Waals surface area contributed by atoms with Gasteiger partial charge >= 0.3 is 0 Å². The Morgan fingerprint density at radius 2 is 0.559 bits per heavy atom. The van der Waals surface area contributed by atoms with Crippen LogP contribution in [0.25, 0.3) is 121 Å². The van der Waals surface area contributed by atoms with E-state index in [0.29, 0.717) is 0 Å². The predicted molar refractivity (Wildman–Crippen MR) is 461 cm³/mol. The van der Waals surface area contributed by atoms with Crippen molar-refractivity contribution in [3.63, 3.8) is 0 Å². The first-order valence-corrected chi connectivity index (χ1v) is 36.1. The first-order chi connectivity index (χ1) is 54.5. The Kier molecular flexibility index (Phi) is 46.2. The first-order valence-electron chi connectivity index (χ1n) is 36.1. The Labute approximate surface area is 757 Å². The molecule has 4 N–H and O–H groups in total. The summed E-state index contributed by atoms with van der Waals surface area (Å²) in [7, 11) is 0. The molecule has 0 atom stereocenters. The average Bonchev–Trinajstić information content (AvgIpc) is 0.836. The topological polar surface area (TPSA) is 214 Å². The summed E-state index contributed by atoms with van der Waals surface area (Å²) in [6.45, 7) is 13.5. The van der Waals surface area contributed by atoms with E-state index < -0.39 is 0 Å². The molecule has 11 aromatic carbocycles. The number of hydrogen-bond acceptors (Lipinski definition) is 13. The van der Waals surface area contributed by atoms with Crippen LogP contribution in [0.15, 0.2) is 357 Å². The van der Waals surface area contributed by atoms with Gasteiger partial charge in [-0.25, -0.2) is 0 Å². The number of allylic oxidation sites excluding steroid dienone is 8. The second kappa shape index (κ2) is 53.9. The number of aliphatic hydroxyl groups is 4. The van der Waals surface area contributed by atoms with Crippen molar-refractivity contribution < 1.29 is 140 Å². The molecular formula is C100H86Ir5N5O8-5. The van der Waals surface area contributed by atoms with Gasteiger partial charge in [0.15, 0.2) is 23.1 Å². The van der Waals surface area contributed by atoms with Crippen LogP contribution in [0.2, 0.25) is 0 Å². The molecule has 16 rings (SSSR count). The Morgan fingerprint density at radius 3 is 0.890 bits per heavy atom. The summed E-state index contributed by atoms with van der Waals surface area (Å²) >= 11 is 0. The zero-order valence-corrected chi connectivity index (χ0v) is 78.1. The van der Waals surface area contributed by atoms with E-state index in [4.69, 9.17) is 25.4 Å². The van der Waals surface area contributed by atoms with E-state index in [0.717, 1.165) is 83.7 Å². The van der Waals surface area contributed by atoms with E-state index in [-0.39, 0.29) is 147 Å². The van der Waals surface area contributed by atoms with Gasteiger partial charge < -0.3 is 25.4 Å². The maximum absolute atomic E-state index is 10.0. The molecule has 609 valence electrons. The fourth-order valence-electron chi connectivity index (χ4n) is 11.0. The molecule has 0 amide bonds. The summed E-state index contributed by atoms with van der Waals surface area (Å²) < 4.78 is 0. The zero-order valence-electron chi connectivity index (χ0n) is 66.1. The van der Waals surface area contributed by atoms with E-state index in [2.05, 4.69) is 166 Å². The number of aliphatic hydroxyl groups excluding tert-OH is 4. The SMILES string of the molecule is CC(=O)C=C(C)O.CC(=O)C=C(C)O.CC(=O)C=C(C)O.CC(=O)C=C(C)O.Cc1ccc[c-]c1-c1ccc2ccccc2n1.[Ir].[Ir].[Ir].[Ir].[Ir].[c-]1cc2ccccc2cc1-c1ccc2ccccc2n1.[c-]1ccccc1-c1cc2ccccc2cn1.[c-]1ccccc1-c1ccc2ccccc2n1.[c-]1ccccc1-c1ccc2ccccc2n1. The number of hydrogen-bond donors (Lipinski definition) is 4. The van der Waals surface area contributed by atoms with Crippen molar-refractivity contribution in [2.75, 3.05) is 0 Å². The van der Waals surface area contributed by atoms with Gasteiger partial charge in [0, 0.05) is 131 Å². The average molecular weight is 2450 g/mol. The van der Waals surface area contributed by atoms with Crippen molar-refractivity contribution >= 4 is 88.3 Å². The van der Waals surface area contributed by atoms with Crippen LogP contribution in [0, 0.1) is 37.3 Å². The van der Waals surface area contributed by atoms with Crippen molar-refractivity contribution in [1.82, 2.24) is 24.9 Å². The van der Waals surface area contributed by atoms with Crippen molar-refractivity contribution in [2.45, 2.75) is 62.3 Å². The summed E-state index contributed by atoms with van der Waals surface area (Å²) in [5.41, 5.74) is 15.4. The van der Waals surface area contributed by atoms with Crippen LogP contribution < -0.4 is 0 Å². The molecule has 13 nitrogen and oxygen atoms in total. The second-order valence-corrected chi connectivity index (χ2v) is 25.6. The minimum atomic E-state index is -0.125. The molecule has 5 aromatic heterocycles. The largest absolute Gasteiger partial charge is 0.512 e. The van der Waals surface area contributed by atoms with E-state index in [1.54, 1.807) is 0 Å². The summed E-state index contributed by atoms with van der Waals surface area (Å²) in [6.07, 6.45) is 6.57. The van der Waals surface area contributed by atoms with Crippen molar-refractivity contribution in [3.05, 3.63) is 393 Å². The van der Waals surface area contributed by atoms with Crippen LogP contribution in [-0.4, -0.2) is 68.5 Å². The van der Waals surface area contributed by atoms with Crippen LogP contribution in [0.5, 0.6) is 0 Å². The molecule has 0 saturated carbocycles. The number of aryl methyl sites for hydroxylation is 1. The Morgan fingerprint density at radius 1 is 0.271 bits per heavy atom. The number of ketones is 4. The normalized spacial score (nSPS) is 10.4. The van der Waals surface area contributed by atoms with Gasteiger partial charge in [0.05, 0.1) is 45.1 Å². The molecule has 0 spiro atoms. The Balaban J connectivity index is 0.000000351. The molecule has 0 fully saturated rings. The zero-order chi connectivity index (χ0) is 80.9. The number of carbonyl (C=O) groups excluding carboxylic acids is 4. The van der Waals surface area contributed by atoms with Crippen molar-refractivity contribution in [3.8, 4) is 56.3 Å². The maximum Gasteiger partial charge on any atom is 0.155 e. The third kappa shape index (κ3) is 34.9. The van der Waals surface area contributed by atoms with Crippen LogP contribution >= 0.6 is 0 Å². The second-order valence-electron chi connectivity index (χ2n) is 25.6. The summed E-state index contributed by atoms with van der Waals surface area (Å²) in [6, 6.07) is 118. The predicted octanol–water partition coefficient (Wildman–Crippen LogP) is 24.1. The summed E-state index contributed by atoms with van der Waals surface area (Å²) in [5.74, 6) is -0.250. The van der Waals surface area contributed by atoms with Gasteiger partial charge in [-0.2, -0.15) is 0 Å². The number of nitrogens with zero attached hydrogens (tertiary/aromatic N) is 5. The van der Waals surface area contributed by atoms with E-state index in [9.17, 15) is 19.2 Å². The Bertz CT molecular complexity index is 5510. The van der Waals surface area contributed by atoms with Gasteiger partial charge in [0.1, 0.15) is 0 Å². The summed E-state index contributed by atoms with van der Waals surface area (Å²) in [4.78, 5) is 63.1. The quantitative estimate of drug-likeness (QED) is 0.0602. The van der Waals surface area contributed by atoms with Crippen molar-refractivity contribution in [1.29, 1.82) is 0 Å². The fourth-order valence-corrected chi connectivity index (χ4v) is 11.0. The molecule has 118 heavy (non-hydrogen) atoms. The van der Waals surface area contributed by atoms with Gasteiger partial charge in [-0.1, -0.05) is 188 Å². The molecule has 0 aliphatic rings. The molecule has 0 aliphatic heterocycles. The monoisotopic (exact) mass is 2450 g/mol. The van der Waals surface area contributed by atoms with Gasteiger partial charge in [-0.3, -0.25) is 39.1 Å². The fraction of sp³-hybridized carbons (Fsp3) is 0.0900. The molecule has 0 aliphatic carbocycles. The third-order valence-corrected chi connectivity index (χ3v) is 15.9. The van der Waals surface area contributed by atoms with Crippen LogP contribution in [0.3, 0.4) is 0 Å². The molecule has 5 heterocycles. The van der Waals surface area contributed by atoms with Gasteiger partial charge in [0.25, 0.3) is 0 Å². The number of aromatic nitrogens is 5. The number of benzene rings is 11. The number of pyridine rings is 5. The first kappa shape index (κ1) is 101. The number of fused-ring (bicyclic) bond motifs is 6. The standard InChI is InChI=1S/C19H12N.C16H12N.3C15H10N.4C5H8O2.5Ir/c1-2-7-16-13-17(10-9-14(16)5-1)19-12-11-15-6-3-4-8-18(15)20-19;1-12-6-2-4-8-14(12)16-11-10-13-7-3-5-9-15(13)17-16;1-2-6-12(7-3-1)15-10-13-8-4-5-9-14(13)11-16-15;2*1-2-6-12(7-3-1)15-11-10-13-8-4-5-9-14(13)16-15;4*1-4(6)3-5(2)7;;;;;/h1-9,11-13H;2-7,9-11H,1H3;3*1-6,8-11H;4*3,6H,1-2H3;;;;;/q5*-1;;;;;;;;;. The molecule has 0 bridgehead atoms. The van der Waals surface area contributed by atoms with E-state index in [1.165, 1.54) is 123 Å². The number of carbonyl (C=O) groups is 4. The van der Waals surface area contributed by atoms with E-state index >= 15 is 0 Å². The van der Waals surface area contributed by atoms with Crippen molar-refractivity contribution in [2.24, 2.45) is 0 Å². The van der Waals surface area contributed by atoms with Gasteiger partial charge in [-0.05, 0) is 140 Å². The molecular weight excluding hydrogens is 2360 g/mol. The molecule has 0 saturated heterocycles. The smallest absolute Gasteiger partial charge is 0.155 e.